The Kier molecular flexibility index (Phi) is 6.30. The van der Waals surface area contributed by atoms with Gasteiger partial charge >= 0.3 is 0 Å². The number of aromatic nitrogens is 1. The van der Waals surface area contributed by atoms with Crippen molar-refractivity contribution in [2.45, 2.75) is 6.54 Å². The minimum Gasteiger partial charge on any atom is -0.483 e. The van der Waals surface area contributed by atoms with Gasteiger partial charge < -0.3 is 15.4 Å². The van der Waals surface area contributed by atoms with E-state index >= 15 is 0 Å². The smallest absolute Gasteiger partial charge is 0.262 e. The lowest BCUT2D eigenvalue weighted by molar-refractivity contribution is -0.118. The molecule has 2 amide bonds. The van der Waals surface area contributed by atoms with Crippen LogP contribution in [-0.4, -0.2) is 23.4 Å². The van der Waals surface area contributed by atoms with E-state index in [0.29, 0.717) is 0 Å². The van der Waals surface area contributed by atoms with Gasteiger partial charge in [-0.15, -0.1) is 0 Å². The van der Waals surface area contributed by atoms with Crippen molar-refractivity contribution in [1.82, 2.24) is 10.3 Å². The molecule has 2 N–H and O–H groups in total. The van der Waals surface area contributed by atoms with Crippen LogP contribution in [0.2, 0.25) is 0 Å². The van der Waals surface area contributed by atoms with Crippen LogP contribution in [-0.2, 0) is 11.3 Å². The standard InChI is InChI=1S/C21H18FN3O3/c22-17-9-2-3-10-18(17)25-20(26)14-28-19-11-4-1-8-16(19)21(27)24-13-15-7-5-6-12-23-15/h1-12H,13-14H2,(H,24,27)(H,25,26). The number of amides is 2. The number of ether oxygens (including phenoxy) is 1. The molecule has 3 rings (SSSR count). The number of hydrogen-bond donors (Lipinski definition) is 2. The summed E-state index contributed by atoms with van der Waals surface area (Å²) < 4.78 is 19.1. The highest BCUT2D eigenvalue weighted by atomic mass is 19.1. The zero-order chi connectivity index (χ0) is 19.8. The van der Waals surface area contributed by atoms with E-state index in [1.54, 1.807) is 48.7 Å². The Balaban J connectivity index is 1.59. The maximum atomic E-state index is 13.6. The Labute approximate surface area is 161 Å². The van der Waals surface area contributed by atoms with Gasteiger partial charge in [-0.3, -0.25) is 14.6 Å². The molecule has 0 aliphatic carbocycles. The van der Waals surface area contributed by atoms with E-state index in [1.165, 1.54) is 18.2 Å². The average Bonchev–Trinajstić information content (AvgIpc) is 2.73. The van der Waals surface area contributed by atoms with Crippen LogP contribution >= 0.6 is 0 Å². The summed E-state index contributed by atoms with van der Waals surface area (Å²) in [4.78, 5) is 28.6. The summed E-state index contributed by atoms with van der Waals surface area (Å²) in [6, 6.07) is 17.8. The van der Waals surface area contributed by atoms with Crippen LogP contribution in [0, 0.1) is 5.82 Å². The lowest BCUT2D eigenvalue weighted by atomic mass is 10.2. The summed E-state index contributed by atoms with van der Waals surface area (Å²) in [5.41, 5.74) is 1.08. The number of halogens is 1. The Hall–Kier alpha value is -3.74. The fourth-order valence-corrected chi connectivity index (χ4v) is 2.44. The quantitative estimate of drug-likeness (QED) is 0.661. The number of benzene rings is 2. The first-order valence-electron chi connectivity index (χ1n) is 8.58. The van der Waals surface area contributed by atoms with Gasteiger partial charge in [-0.05, 0) is 36.4 Å². The zero-order valence-electron chi connectivity index (χ0n) is 14.9. The molecule has 0 spiro atoms. The van der Waals surface area contributed by atoms with Crippen molar-refractivity contribution in [1.29, 1.82) is 0 Å². The SMILES string of the molecule is O=C(COc1ccccc1C(=O)NCc1ccccn1)Nc1ccccc1F. The predicted octanol–water partition coefficient (Wildman–Crippen LogP) is 3.17. The summed E-state index contributed by atoms with van der Waals surface area (Å²) in [6.45, 7) is -0.0966. The summed E-state index contributed by atoms with van der Waals surface area (Å²) >= 11 is 0. The van der Waals surface area contributed by atoms with E-state index in [4.69, 9.17) is 4.74 Å². The van der Waals surface area contributed by atoms with Crippen LogP contribution in [0.1, 0.15) is 16.1 Å². The molecule has 7 heteroatoms. The minimum atomic E-state index is -0.537. The largest absolute Gasteiger partial charge is 0.483 e. The number of rotatable bonds is 7. The van der Waals surface area contributed by atoms with Crippen molar-refractivity contribution in [2.75, 3.05) is 11.9 Å². The maximum absolute atomic E-state index is 13.6. The van der Waals surface area contributed by atoms with Gasteiger partial charge in [0.2, 0.25) is 0 Å². The molecule has 0 unspecified atom stereocenters. The molecule has 0 aliphatic rings. The molecular weight excluding hydrogens is 361 g/mol. The molecule has 0 aliphatic heterocycles. The van der Waals surface area contributed by atoms with Gasteiger partial charge in [0.15, 0.2) is 6.61 Å². The molecule has 0 radical (unpaired) electrons. The van der Waals surface area contributed by atoms with E-state index in [9.17, 15) is 14.0 Å². The fraction of sp³-hybridized carbons (Fsp3) is 0.0952. The Morgan fingerprint density at radius 3 is 2.50 bits per heavy atom. The van der Waals surface area contributed by atoms with Crippen LogP contribution in [0.5, 0.6) is 5.75 Å². The second kappa shape index (κ2) is 9.27. The monoisotopic (exact) mass is 379 g/mol. The Morgan fingerprint density at radius 2 is 1.71 bits per heavy atom. The van der Waals surface area contributed by atoms with Crippen molar-refractivity contribution in [2.24, 2.45) is 0 Å². The average molecular weight is 379 g/mol. The van der Waals surface area contributed by atoms with Crippen molar-refractivity contribution in [3.05, 3.63) is 90.0 Å². The third-order valence-corrected chi connectivity index (χ3v) is 3.79. The number of carbonyl (C=O) groups excluding carboxylic acids is 2. The summed E-state index contributed by atoms with van der Waals surface area (Å²) in [5.74, 6) is -1.17. The van der Waals surface area contributed by atoms with E-state index < -0.39 is 11.7 Å². The molecule has 142 valence electrons. The van der Waals surface area contributed by atoms with Crippen LogP contribution in [0.25, 0.3) is 0 Å². The van der Waals surface area contributed by atoms with Crippen LogP contribution in [0.15, 0.2) is 72.9 Å². The molecule has 0 saturated carbocycles. The Morgan fingerprint density at radius 1 is 0.964 bits per heavy atom. The van der Waals surface area contributed by atoms with Gasteiger partial charge in [-0.2, -0.15) is 0 Å². The fourth-order valence-electron chi connectivity index (χ4n) is 2.44. The highest BCUT2D eigenvalue weighted by Crippen LogP contribution is 2.18. The number of anilines is 1. The number of hydrogen-bond acceptors (Lipinski definition) is 4. The second-order valence-corrected chi connectivity index (χ2v) is 5.82. The molecule has 0 saturated heterocycles. The van der Waals surface area contributed by atoms with Gasteiger partial charge in [0.05, 0.1) is 23.5 Å². The first-order chi connectivity index (χ1) is 13.6. The molecule has 28 heavy (non-hydrogen) atoms. The molecule has 3 aromatic rings. The van der Waals surface area contributed by atoms with Gasteiger partial charge in [0.25, 0.3) is 11.8 Å². The molecule has 0 bridgehead atoms. The van der Waals surface area contributed by atoms with Crippen molar-refractivity contribution in [3.63, 3.8) is 0 Å². The van der Waals surface area contributed by atoms with Crippen molar-refractivity contribution >= 4 is 17.5 Å². The molecular formula is C21H18FN3O3. The number of nitrogens with one attached hydrogen (secondary N) is 2. The first kappa shape index (κ1) is 19.0. The Bertz CT molecular complexity index is 964. The van der Waals surface area contributed by atoms with E-state index in [-0.39, 0.29) is 36.1 Å². The molecule has 1 aromatic heterocycles. The number of nitrogens with zero attached hydrogens (tertiary/aromatic N) is 1. The molecule has 0 atom stereocenters. The lowest BCUT2D eigenvalue weighted by Gasteiger charge is -2.12. The number of carbonyl (C=O) groups is 2. The number of pyridine rings is 1. The summed E-state index contributed by atoms with van der Waals surface area (Å²) in [7, 11) is 0. The normalized spacial score (nSPS) is 10.2. The van der Waals surface area contributed by atoms with Gasteiger partial charge in [-0.1, -0.05) is 30.3 Å². The highest BCUT2D eigenvalue weighted by molar-refractivity contribution is 5.97. The molecule has 1 heterocycles. The van der Waals surface area contributed by atoms with Crippen LogP contribution < -0.4 is 15.4 Å². The van der Waals surface area contributed by atoms with Crippen molar-refractivity contribution < 1.29 is 18.7 Å². The van der Waals surface area contributed by atoms with E-state index in [2.05, 4.69) is 15.6 Å². The molecule has 0 fully saturated rings. The highest BCUT2D eigenvalue weighted by Gasteiger charge is 2.14. The lowest BCUT2D eigenvalue weighted by Crippen LogP contribution is -2.25. The molecule has 2 aromatic carbocycles. The van der Waals surface area contributed by atoms with Gasteiger partial charge in [0, 0.05) is 6.20 Å². The summed E-state index contributed by atoms with van der Waals surface area (Å²) in [6.07, 6.45) is 1.65. The van der Waals surface area contributed by atoms with E-state index in [1.807, 2.05) is 6.07 Å². The topological polar surface area (TPSA) is 80.3 Å². The minimum absolute atomic E-state index is 0.0671. The third kappa shape index (κ3) is 5.14. The molecule has 6 nitrogen and oxygen atoms in total. The van der Waals surface area contributed by atoms with Crippen molar-refractivity contribution in [3.8, 4) is 5.75 Å². The summed E-state index contributed by atoms with van der Waals surface area (Å²) in [5, 5.41) is 5.19. The van der Waals surface area contributed by atoms with Gasteiger partial charge in [0.1, 0.15) is 11.6 Å². The number of para-hydroxylation sites is 2. The van der Waals surface area contributed by atoms with Gasteiger partial charge in [-0.25, -0.2) is 4.39 Å². The van der Waals surface area contributed by atoms with E-state index in [0.717, 1.165) is 5.69 Å². The predicted molar refractivity (Wildman–Crippen MR) is 102 cm³/mol. The first-order valence-corrected chi connectivity index (χ1v) is 8.58. The second-order valence-electron chi connectivity index (χ2n) is 5.82. The van der Waals surface area contributed by atoms with Crippen LogP contribution in [0.4, 0.5) is 10.1 Å². The maximum Gasteiger partial charge on any atom is 0.262 e. The zero-order valence-corrected chi connectivity index (χ0v) is 14.9. The van der Waals surface area contributed by atoms with Crippen LogP contribution in [0.3, 0.4) is 0 Å². The third-order valence-electron chi connectivity index (χ3n) is 3.79.